The second-order valence-corrected chi connectivity index (χ2v) is 4.07. The molecule has 1 amide bonds. The molecule has 0 fully saturated rings. The molecule has 14 heavy (non-hydrogen) atoms. The molecule has 84 valence electrons. The predicted molar refractivity (Wildman–Crippen MR) is 60.2 cm³/mol. The highest BCUT2D eigenvalue weighted by Crippen LogP contribution is 2.09. The van der Waals surface area contributed by atoms with E-state index in [9.17, 15) is 4.79 Å². The maximum absolute atomic E-state index is 11.3. The molecule has 0 saturated carbocycles. The van der Waals surface area contributed by atoms with Crippen LogP contribution in [-0.2, 0) is 4.79 Å². The Morgan fingerprint density at radius 2 is 2.00 bits per heavy atom. The van der Waals surface area contributed by atoms with E-state index in [0.29, 0.717) is 18.4 Å². The van der Waals surface area contributed by atoms with E-state index in [1.165, 1.54) is 6.42 Å². The van der Waals surface area contributed by atoms with Crippen LogP contribution >= 0.6 is 0 Å². The minimum Gasteiger partial charge on any atom is -0.354 e. The van der Waals surface area contributed by atoms with Crippen LogP contribution in [0.5, 0.6) is 0 Å². The van der Waals surface area contributed by atoms with Crippen LogP contribution in [0, 0.1) is 5.92 Å². The molecule has 0 rings (SSSR count). The second-order valence-electron chi connectivity index (χ2n) is 4.07. The lowest BCUT2D eigenvalue weighted by molar-refractivity contribution is -0.121. The first-order valence-corrected chi connectivity index (χ1v) is 5.54. The van der Waals surface area contributed by atoms with E-state index in [4.69, 9.17) is 0 Å². The van der Waals surface area contributed by atoms with Gasteiger partial charge in [-0.3, -0.25) is 4.79 Å². The highest BCUT2D eigenvalue weighted by molar-refractivity contribution is 5.76. The summed E-state index contributed by atoms with van der Waals surface area (Å²) in [4.78, 5) is 11.3. The molecule has 0 aliphatic carbocycles. The van der Waals surface area contributed by atoms with Crippen LogP contribution in [-0.4, -0.2) is 25.5 Å². The van der Waals surface area contributed by atoms with Crippen molar-refractivity contribution in [1.82, 2.24) is 10.6 Å². The molecule has 0 spiro atoms. The molecule has 0 bridgehead atoms. The molecule has 0 aromatic rings. The molecule has 0 aliphatic heterocycles. The molecular weight excluding hydrogens is 176 g/mol. The first-order valence-electron chi connectivity index (χ1n) is 5.54. The normalized spacial score (nSPS) is 14.9. The fraction of sp³-hybridized carbons (Fsp3) is 0.909. The standard InChI is InChI=1S/C11H24N2O/c1-5-9(2)8-10(3)13-11(14)6-7-12-4/h9-10,12H,5-8H2,1-4H3,(H,13,14). The van der Waals surface area contributed by atoms with Crippen LogP contribution in [0.2, 0.25) is 0 Å². The number of nitrogens with one attached hydrogen (secondary N) is 2. The van der Waals surface area contributed by atoms with Crippen molar-refractivity contribution in [3.63, 3.8) is 0 Å². The largest absolute Gasteiger partial charge is 0.354 e. The van der Waals surface area contributed by atoms with Crippen molar-refractivity contribution in [2.24, 2.45) is 5.92 Å². The van der Waals surface area contributed by atoms with Crippen molar-refractivity contribution in [2.75, 3.05) is 13.6 Å². The molecule has 0 radical (unpaired) electrons. The number of hydrogen-bond acceptors (Lipinski definition) is 2. The van der Waals surface area contributed by atoms with Crippen molar-refractivity contribution in [3.05, 3.63) is 0 Å². The van der Waals surface area contributed by atoms with E-state index in [-0.39, 0.29) is 5.91 Å². The summed E-state index contributed by atoms with van der Waals surface area (Å²) in [6.45, 7) is 7.22. The first-order chi connectivity index (χ1) is 6.60. The molecule has 3 heteroatoms. The fourth-order valence-electron chi connectivity index (χ4n) is 1.41. The van der Waals surface area contributed by atoms with E-state index >= 15 is 0 Å². The summed E-state index contributed by atoms with van der Waals surface area (Å²) in [5.41, 5.74) is 0. The second kappa shape index (κ2) is 7.80. The van der Waals surface area contributed by atoms with Crippen molar-refractivity contribution >= 4 is 5.91 Å². The Labute approximate surface area is 87.6 Å². The third-order valence-electron chi connectivity index (χ3n) is 2.46. The third-order valence-corrected chi connectivity index (χ3v) is 2.46. The minimum atomic E-state index is 0.148. The molecule has 2 N–H and O–H groups in total. The number of amides is 1. The van der Waals surface area contributed by atoms with Gasteiger partial charge >= 0.3 is 0 Å². The van der Waals surface area contributed by atoms with Gasteiger partial charge in [0.05, 0.1) is 0 Å². The van der Waals surface area contributed by atoms with Gasteiger partial charge in [0.15, 0.2) is 0 Å². The Kier molecular flexibility index (Phi) is 7.48. The van der Waals surface area contributed by atoms with Crippen LogP contribution in [0.4, 0.5) is 0 Å². The molecule has 0 aliphatic rings. The molecule has 0 aromatic heterocycles. The van der Waals surface area contributed by atoms with Gasteiger partial charge in [-0.15, -0.1) is 0 Å². The average molecular weight is 200 g/mol. The summed E-state index contributed by atoms with van der Waals surface area (Å²) in [5.74, 6) is 0.838. The number of carbonyl (C=O) groups excluding carboxylic acids is 1. The van der Waals surface area contributed by atoms with Gasteiger partial charge in [-0.25, -0.2) is 0 Å². The summed E-state index contributed by atoms with van der Waals surface area (Å²) in [6, 6.07) is 0.300. The minimum absolute atomic E-state index is 0.148. The lowest BCUT2D eigenvalue weighted by Crippen LogP contribution is -2.35. The molecular formula is C11H24N2O. The van der Waals surface area contributed by atoms with Crippen molar-refractivity contribution in [2.45, 2.75) is 46.1 Å². The van der Waals surface area contributed by atoms with Gasteiger partial charge in [0.1, 0.15) is 0 Å². The lowest BCUT2D eigenvalue weighted by atomic mass is 10.0. The van der Waals surface area contributed by atoms with Crippen LogP contribution in [0.1, 0.15) is 40.0 Å². The smallest absolute Gasteiger partial charge is 0.221 e. The molecule has 3 nitrogen and oxygen atoms in total. The van der Waals surface area contributed by atoms with Crippen LogP contribution in [0.3, 0.4) is 0 Å². The van der Waals surface area contributed by atoms with Crippen molar-refractivity contribution in [1.29, 1.82) is 0 Å². The number of carbonyl (C=O) groups is 1. The first kappa shape index (κ1) is 13.4. The zero-order valence-corrected chi connectivity index (χ0v) is 9.89. The summed E-state index contributed by atoms with van der Waals surface area (Å²) >= 11 is 0. The highest BCUT2D eigenvalue weighted by Gasteiger charge is 2.09. The van der Waals surface area contributed by atoms with Gasteiger partial charge in [0, 0.05) is 19.0 Å². The summed E-state index contributed by atoms with van der Waals surface area (Å²) in [6.07, 6.45) is 2.82. The lowest BCUT2D eigenvalue weighted by Gasteiger charge is -2.17. The molecule has 0 aromatic carbocycles. The Hall–Kier alpha value is -0.570. The SMILES string of the molecule is CCC(C)CC(C)NC(=O)CCNC. The maximum atomic E-state index is 11.3. The van der Waals surface area contributed by atoms with Crippen LogP contribution < -0.4 is 10.6 Å². The quantitative estimate of drug-likeness (QED) is 0.654. The maximum Gasteiger partial charge on any atom is 0.221 e. The topological polar surface area (TPSA) is 41.1 Å². The monoisotopic (exact) mass is 200 g/mol. The highest BCUT2D eigenvalue weighted by atomic mass is 16.1. The van der Waals surface area contributed by atoms with E-state index in [0.717, 1.165) is 13.0 Å². The fourth-order valence-corrected chi connectivity index (χ4v) is 1.41. The predicted octanol–water partition coefficient (Wildman–Crippen LogP) is 1.54. The Bertz CT molecular complexity index is 159. The Morgan fingerprint density at radius 3 is 2.50 bits per heavy atom. The zero-order chi connectivity index (χ0) is 11.0. The molecule has 0 saturated heterocycles. The van der Waals surface area contributed by atoms with E-state index < -0.39 is 0 Å². The Balaban J connectivity index is 3.60. The summed E-state index contributed by atoms with van der Waals surface area (Å²) < 4.78 is 0. The van der Waals surface area contributed by atoms with E-state index in [2.05, 4.69) is 31.4 Å². The third kappa shape index (κ3) is 6.89. The van der Waals surface area contributed by atoms with Gasteiger partial charge in [0.25, 0.3) is 0 Å². The molecule has 2 atom stereocenters. The number of rotatable bonds is 7. The van der Waals surface area contributed by atoms with E-state index in [1.54, 1.807) is 0 Å². The molecule has 2 unspecified atom stereocenters. The zero-order valence-electron chi connectivity index (χ0n) is 9.89. The van der Waals surface area contributed by atoms with Gasteiger partial charge < -0.3 is 10.6 Å². The van der Waals surface area contributed by atoms with Crippen molar-refractivity contribution in [3.8, 4) is 0 Å². The van der Waals surface area contributed by atoms with Gasteiger partial charge in [-0.05, 0) is 26.3 Å². The Morgan fingerprint density at radius 1 is 1.36 bits per heavy atom. The van der Waals surface area contributed by atoms with Gasteiger partial charge in [-0.2, -0.15) is 0 Å². The summed E-state index contributed by atoms with van der Waals surface area (Å²) in [5, 5.41) is 5.96. The summed E-state index contributed by atoms with van der Waals surface area (Å²) in [7, 11) is 1.86. The van der Waals surface area contributed by atoms with Gasteiger partial charge in [-0.1, -0.05) is 20.3 Å². The average Bonchev–Trinajstić information content (AvgIpc) is 2.14. The molecule has 0 heterocycles. The van der Waals surface area contributed by atoms with Gasteiger partial charge in [0.2, 0.25) is 5.91 Å². The van der Waals surface area contributed by atoms with E-state index in [1.807, 2.05) is 7.05 Å². The van der Waals surface area contributed by atoms with Crippen LogP contribution in [0.25, 0.3) is 0 Å². The van der Waals surface area contributed by atoms with Crippen molar-refractivity contribution < 1.29 is 4.79 Å². The number of hydrogen-bond donors (Lipinski definition) is 2. The van der Waals surface area contributed by atoms with Crippen LogP contribution in [0.15, 0.2) is 0 Å².